The quantitative estimate of drug-likeness (QED) is 0.698. The van der Waals surface area contributed by atoms with E-state index < -0.39 is 32.9 Å². The minimum absolute atomic E-state index is 0.0509. The number of nitrogens with zero attached hydrogens (tertiary/aromatic N) is 1. The standard InChI is InChI=1S/C9H17NO5S/c1-9(2,3)16(14,15)10-5-6(11)4-7(10)8(12)13/h6-7,11H,4-5H2,1-3H3,(H,12,13). The number of hydrogen-bond donors (Lipinski definition) is 2. The fraction of sp³-hybridized carbons (Fsp3) is 0.889. The van der Waals surface area contributed by atoms with Crippen LogP contribution in [0.2, 0.25) is 0 Å². The van der Waals surface area contributed by atoms with Crippen LogP contribution in [-0.4, -0.2) is 52.3 Å². The summed E-state index contributed by atoms with van der Waals surface area (Å²) in [5.41, 5.74) is 0. The molecule has 16 heavy (non-hydrogen) atoms. The van der Waals surface area contributed by atoms with Crippen molar-refractivity contribution in [1.29, 1.82) is 0 Å². The molecule has 1 heterocycles. The van der Waals surface area contributed by atoms with E-state index in [1.165, 1.54) is 20.8 Å². The van der Waals surface area contributed by atoms with Gasteiger partial charge in [0.25, 0.3) is 0 Å². The van der Waals surface area contributed by atoms with Crippen molar-refractivity contribution in [1.82, 2.24) is 4.31 Å². The lowest BCUT2D eigenvalue weighted by molar-refractivity contribution is -0.140. The Bertz CT molecular complexity index is 383. The third kappa shape index (κ3) is 2.21. The van der Waals surface area contributed by atoms with Crippen molar-refractivity contribution in [3.05, 3.63) is 0 Å². The van der Waals surface area contributed by atoms with E-state index in [1.807, 2.05) is 0 Å². The van der Waals surface area contributed by atoms with E-state index in [4.69, 9.17) is 5.11 Å². The van der Waals surface area contributed by atoms with Crippen LogP contribution in [0.1, 0.15) is 27.2 Å². The molecule has 1 aliphatic heterocycles. The van der Waals surface area contributed by atoms with Gasteiger partial charge in [0, 0.05) is 13.0 Å². The number of aliphatic hydroxyl groups is 1. The van der Waals surface area contributed by atoms with Gasteiger partial charge in [0.1, 0.15) is 6.04 Å². The summed E-state index contributed by atoms with van der Waals surface area (Å²) in [4.78, 5) is 10.9. The van der Waals surface area contributed by atoms with E-state index in [9.17, 15) is 18.3 Å². The van der Waals surface area contributed by atoms with Crippen LogP contribution in [0.25, 0.3) is 0 Å². The maximum absolute atomic E-state index is 12.1. The van der Waals surface area contributed by atoms with Gasteiger partial charge in [-0.1, -0.05) is 0 Å². The molecule has 7 heteroatoms. The Balaban J connectivity index is 3.09. The van der Waals surface area contributed by atoms with Crippen molar-refractivity contribution in [2.24, 2.45) is 0 Å². The molecule has 0 saturated carbocycles. The number of carbonyl (C=O) groups is 1. The number of hydrogen-bond acceptors (Lipinski definition) is 4. The average molecular weight is 251 g/mol. The molecule has 1 fully saturated rings. The topological polar surface area (TPSA) is 94.9 Å². The summed E-state index contributed by atoms with van der Waals surface area (Å²) in [5, 5.41) is 18.3. The number of carboxylic acids is 1. The number of rotatable bonds is 2. The maximum atomic E-state index is 12.1. The van der Waals surface area contributed by atoms with Gasteiger partial charge < -0.3 is 10.2 Å². The predicted molar refractivity (Wildman–Crippen MR) is 57.4 cm³/mol. The summed E-state index contributed by atoms with van der Waals surface area (Å²) in [6, 6.07) is -1.15. The zero-order valence-electron chi connectivity index (χ0n) is 9.54. The molecule has 2 unspecified atom stereocenters. The summed E-state index contributed by atoms with van der Waals surface area (Å²) in [7, 11) is -3.71. The first-order valence-electron chi connectivity index (χ1n) is 4.99. The molecule has 1 saturated heterocycles. The first kappa shape index (κ1) is 13.4. The van der Waals surface area contributed by atoms with Gasteiger partial charge in [-0.2, -0.15) is 4.31 Å². The van der Waals surface area contributed by atoms with E-state index >= 15 is 0 Å². The first-order chi connectivity index (χ1) is 7.07. The van der Waals surface area contributed by atoms with Gasteiger partial charge in [0.15, 0.2) is 0 Å². The summed E-state index contributed by atoms with van der Waals surface area (Å²) < 4.78 is 24.0. The largest absolute Gasteiger partial charge is 0.480 e. The maximum Gasteiger partial charge on any atom is 0.322 e. The second kappa shape index (κ2) is 3.97. The molecule has 6 nitrogen and oxygen atoms in total. The highest BCUT2D eigenvalue weighted by Gasteiger charge is 2.47. The zero-order valence-corrected chi connectivity index (χ0v) is 10.4. The number of aliphatic carboxylic acids is 1. The Hall–Kier alpha value is -0.660. The number of aliphatic hydroxyl groups excluding tert-OH is 1. The van der Waals surface area contributed by atoms with Gasteiger partial charge in [-0.3, -0.25) is 4.79 Å². The van der Waals surface area contributed by atoms with Crippen molar-refractivity contribution >= 4 is 16.0 Å². The van der Waals surface area contributed by atoms with Crippen LogP contribution >= 0.6 is 0 Å². The molecule has 0 aliphatic carbocycles. The molecule has 2 N–H and O–H groups in total. The molecule has 1 aliphatic rings. The van der Waals surface area contributed by atoms with Crippen LogP contribution in [0, 0.1) is 0 Å². The lowest BCUT2D eigenvalue weighted by Gasteiger charge is -2.29. The van der Waals surface area contributed by atoms with E-state index in [0.717, 1.165) is 4.31 Å². The molecule has 0 amide bonds. The third-order valence-corrected chi connectivity index (χ3v) is 5.17. The molecular formula is C9H17NO5S. The highest BCUT2D eigenvalue weighted by Crippen LogP contribution is 2.28. The Morgan fingerprint density at radius 2 is 1.88 bits per heavy atom. The molecule has 0 aromatic rings. The minimum atomic E-state index is -3.71. The summed E-state index contributed by atoms with van der Waals surface area (Å²) in [5.74, 6) is -1.22. The Morgan fingerprint density at radius 3 is 2.25 bits per heavy atom. The van der Waals surface area contributed by atoms with Crippen LogP contribution in [0.4, 0.5) is 0 Å². The molecular weight excluding hydrogens is 234 g/mol. The van der Waals surface area contributed by atoms with E-state index in [2.05, 4.69) is 0 Å². The molecule has 0 aromatic carbocycles. The Morgan fingerprint density at radius 1 is 1.38 bits per heavy atom. The first-order valence-corrected chi connectivity index (χ1v) is 6.43. The Labute approximate surface area is 94.9 Å². The van der Waals surface area contributed by atoms with Crippen LogP contribution < -0.4 is 0 Å². The summed E-state index contributed by atoms with van der Waals surface area (Å²) in [6.07, 6.45) is -0.955. The van der Waals surface area contributed by atoms with Crippen LogP contribution in [0.3, 0.4) is 0 Å². The molecule has 0 aromatic heterocycles. The molecule has 0 radical (unpaired) electrons. The van der Waals surface area contributed by atoms with E-state index in [-0.39, 0.29) is 13.0 Å². The van der Waals surface area contributed by atoms with Crippen molar-refractivity contribution < 1.29 is 23.4 Å². The number of sulfonamides is 1. The van der Waals surface area contributed by atoms with Crippen LogP contribution in [-0.2, 0) is 14.8 Å². The molecule has 0 bridgehead atoms. The van der Waals surface area contributed by atoms with Gasteiger partial charge in [-0.25, -0.2) is 8.42 Å². The third-order valence-electron chi connectivity index (χ3n) is 2.60. The average Bonchev–Trinajstić information content (AvgIpc) is 2.45. The van der Waals surface area contributed by atoms with Crippen LogP contribution in [0.5, 0.6) is 0 Å². The van der Waals surface area contributed by atoms with Gasteiger partial charge in [0.05, 0.1) is 10.9 Å². The minimum Gasteiger partial charge on any atom is -0.480 e. The predicted octanol–water partition coefficient (Wildman–Crippen LogP) is -0.365. The second-order valence-electron chi connectivity index (χ2n) is 4.93. The molecule has 2 atom stereocenters. The lowest BCUT2D eigenvalue weighted by Crippen LogP contribution is -2.48. The summed E-state index contributed by atoms with van der Waals surface area (Å²) >= 11 is 0. The highest BCUT2D eigenvalue weighted by atomic mass is 32.2. The lowest BCUT2D eigenvalue weighted by atomic mass is 10.2. The van der Waals surface area contributed by atoms with Crippen molar-refractivity contribution in [3.63, 3.8) is 0 Å². The monoisotopic (exact) mass is 251 g/mol. The van der Waals surface area contributed by atoms with Gasteiger partial charge in [-0.15, -0.1) is 0 Å². The van der Waals surface area contributed by atoms with Gasteiger partial charge in [0.2, 0.25) is 10.0 Å². The highest BCUT2D eigenvalue weighted by molar-refractivity contribution is 7.90. The molecule has 0 spiro atoms. The molecule has 1 rings (SSSR count). The van der Waals surface area contributed by atoms with Crippen molar-refractivity contribution in [2.75, 3.05) is 6.54 Å². The number of carboxylic acid groups (broad SMARTS) is 1. The smallest absolute Gasteiger partial charge is 0.322 e. The van der Waals surface area contributed by atoms with Gasteiger partial charge >= 0.3 is 5.97 Å². The molecule has 94 valence electrons. The number of β-amino-alcohol motifs (C(OH)–C–C–N with tert-alkyl or cyclic N) is 1. The summed E-state index contributed by atoms with van der Waals surface area (Å²) in [6.45, 7) is 4.38. The van der Waals surface area contributed by atoms with Crippen molar-refractivity contribution in [2.45, 2.75) is 44.1 Å². The Kier molecular flexibility index (Phi) is 3.33. The second-order valence-corrected chi connectivity index (χ2v) is 7.57. The normalized spacial score (nSPS) is 28.2. The van der Waals surface area contributed by atoms with E-state index in [0.29, 0.717) is 0 Å². The van der Waals surface area contributed by atoms with Crippen LogP contribution in [0.15, 0.2) is 0 Å². The van der Waals surface area contributed by atoms with Crippen molar-refractivity contribution in [3.8, 4) is 0 Å². The fourth-order valence-electron chi connectivity index (χ4n) is 1.63. The van der Waals surface area contributed by atoms with E-state index in [1.54, 1.807) is 0 Å². The SMILES string of the molecule is CC(C)(C)S(=O)(=O)N1CC(O)CC1C(=O)O. The zero-order chi connectivity index (χ0) is 12.7. The fourth-order valence-corrected chi connectivity index (χ4v) is 3.21. The van der Waals surface area contributed by atoms with Gasteiger partial charge in [-0.05, 0) is 20.8 Å².